The number of aromatic nitrogens is 2. The molecule has 1 aromatic carbocycles. The zero-order valence-corrected chi connectivity index (χ0v) is 12.7. The van der Waals surface area contributed by atoms with Crippen molar-refractivity contribution >= 4 is 23.3 Å². The molecular weight excluding hydrogens is 286 g/mol. The van der Waals surface area contributed by atoms with Crippen molar-refractivity contribution in [3.8, 4) is 0 Å². The van der Waals surface area contributed by atoms with E-state index in [1.165, 1.54) is 11.7 Å². The van der Waals surface area contributed by atoms with Crippen LogP contribution < -0.4 is 4.90 Å². The predicted molar refractivity (Wildman–Crippen MR) is 82.1 cm³/mol. The number of hydrogen-bond donors (Lipinski definition) is 0. The number of carbonyl (C=O) groups is 1. The first kappa shape index (κ1) is 14.2. The number of anilines is 1. The van der Waals surface area contributed by atoms with Crippen LogP contribution in [0.1, 0.15) is 28.9 Å². The fourth-order valence-corrected chi connectivity index (χ4v) is 3.09. The molecule has 1 unspecified atom stereocenters. The van der Waals surface area contributed by atoms with E-state index in [0.29, 0.717) is 18.8 Å². The second kappa shape index (κ2) is 6.32. The van der Waals surface area contributed by atoms with Crippen LogP contribution in [-0.4, -0.2) is 40.8 Å². The van der Waals surface area contributed by atoms with Gasteiger partial charge in [-0.25, -0.2) is 0 Å². The summed E-state index contributed by atoms with van der Waals surface area (Å²) in [7, 11) is 0. The van der Waals surface area contributed by atoms with E-state index < -0.39 is 0 Å². The third-order valence-corrected chi connectivity index (χ3v) is 4.20. The average Bonchev–Trinajstić information content (AvgIpc) is 3.04. The van der Waals surface area contributed by atoms with Crippen molar-refractivity contribution in [3.63, 3.8) is 0 Å². The summed E-state index contributed by atoms with van der Waals surface area (Å²) in [4.78, 5) is 14.7. The van der Waals surface area contributed by atoms with E-state index >= 15 is 0 Å². The first-order valence-electron chi connectivity index (χ1n) is 7.02. The maximum atomic E-state index is 12.6. The molecule has 6 heteroatoms. The highest BCUT2D eigenvalue weighted by atomic mass is 32.1. The lowest BCUT2D eigenvalue weighted by molar-refractivity contribution is 0.0964. The van der Waals surface area contributed by atoms with Gasteiger partial charge < -0.3 is 9.64 Å². The monoisotopic (exact) mass is 303 g/mol. The number of hydrogen-bond acceptors (Lipinski definition) is 6. The lowest BCUT2D eigenvalue weighted by Crippen LogP contribution is -2.37. The van der Waals surface area contributed by atoms with E-state index in [4.69, 9.17) is 4.74 Å². The molecule has 1 aromatic heterocycles. The van der Waals surface area contributed by atoms with Crippen LogP contribution >= 0.6 is 11.7 Å². The topological polar surface area (TPSA) is 55.3 Å². The van der Waals surface area contributed by atoms with E-state index in [9.17, 15) is 4.79 Å². The molecule has 1 saturated heterocycles. The van der Waals surface area contributed by atoms with Crippen LogP contribution in [0.3, 0.4) is 0 Å². The SMILES string of the molecule is CC(C(=O)c1ccccc1)c1nsnc1N1CCOCC1. The zero-order chi connectivity index (χ0) is 14.7. The summed E-state index contributed by atoms with van der Waals surface area (Å²) in [6.07, 6.45) is 0. The van der Waals surface area contributed by atoms with E-state index in [2.05, 4.69) is 13.6 Å². The number of Topliss-reactive ketones (excluding diaryl/α,β-unsaturated/α-hetero) is 1. The third-order valence-electron chi connectivity index (χ3n) is 3.67. The lowest BCUT2D eigenvalue weighted by Gasteiger charge is -2.27. The van der Waals surface area contributed by atoms with Gasteiger partial charge in [-0.1, -0.05) is 30.3 Å². The Morgan fingerprint density at radius 3 is 2.67 bits per heavy atom. The van der Waals surface area contributed by atoms with E-state index in [1.807, 2.05) is 37.3 Å². The van der Waals surface area contributed by atoms with Crippen molar-refractivity contribution in [3.05, 3.63) is 41.6 Å². The normalized spacial score (nSPS) is 16.7. The van der Waals surface area contributed by atoms with Gasteiger partial charge in [-0.05, 0) is 6.92 Å². The molecule has 21 heavy (non-hydrogen) atoms. The summed E-state index contributed by atoms with van der Waals surface area (Å²) in [5.74, 6) is 0.627. The smallest absolute Gasteiger partial charge is 0.171 e. The van der Waals surface area contributed by atoms with Gasteiger partial charge in [-0.3, -0.25) is 4.79 Å². The molecule has 0 N–H and O–H groups in total. The highest BCUT2D eigenvalue weighted by Gasteiger charge is 2.26. The molecule has 0 amide bonds. The van der Waals surface area contributed by atoms with Crippen molar-refractivity contribution in [2.24, 2.45) is 0 Å². The standard InChI is InChI=1S/C15H17N3O2S/c1-11(14(19)12-5-3-2-4-6-12)13-15(17-21-16-13)18-7-9-20-10-8-18/h2-6,11H,7-10H2,1H3. The molecule has 2 heterocycles. The number of ether oxygens (including phenoxy) is 1. The molecule has 3 rings (SSSR count). The second-order valence-corrected chi connectivity index (χ2v) is 5.55. The molecule has 0 saturated carbocycles. The van der Waals surface area contributed by atoms with Gasteiger partial charge in [0.15, 0.2) is 11.6 Å². The Balaban J connectivity index is 1.83. The van der Waals surface area contributed by atoms with Gasteiger partial charge >= 0.3 is 0 Å². The first-order chi connectivity index (χ1) is 10.3. The van der Waals surface area contributed by atoms with Crippen LogP contribution in [0.5, 0.6) is 0 Å². The van der Waals surface area contributed by atoms with Crippen LogP contribution in [0.25, 0.3) is 0 Å². The minimum Gasteiger partial charge on any atom is -0.378 e. The lowest BCUT2D eigenvalue weighted by atomic mass is 9.96. The predicted octanol–water partition coefficient (Wildman–Crippen LogP) is 2.36. The first-order valence-corrected chi connectivity index (χ1v) is 7.75. The molecule has 1 aliphatic rings. The molecule has 0 bridgehead atoms. The number of rotatable bonds is 4. The molecule has 0 aliphatic carbocycles. The van der Waals surface area contributed by atoms with Gasteiger partial charge in [-0.15, -0.1) is 0 Å². The average molecular weight is 303 g/mol. The maximum Gasteiger partial charge on any atom is 0.171 e. The van der Waals surface area contributed by atoms with Crippen molar-refractivity contribution in [1.29, 1.82) is 0 Å². The van der Waals surface area contributed by atoms with E-state index in [-0.39, 0.29) is 11.7 Å². The Bertz CT molecular complexity index is 608. The van der Waals surface area contributed by atoms with Crippen molar-refractivity contribution in [2.45, 2.75) is 12.8 Å². The van der Waals surface area contributed by atoms with Gasteiger partial charge in [0, 0.05) is 18.7 Å². The van der Waals surface area contributed by atoms with Crippen LogP contribution in [0, 0.1) is 0 Å². The largest absolute Gasteiger partial charge is 0.378 e. The summed E-state index contributed by atoms with van der Waals surface area (Å²) in [6.45, 7) is 4.88. The van der Waals surface area contributed by atoms with Crippen molar-refractivity contribution < 1.29 is 9.53 Å². The van der Waals surface area contributed by atoms with Gasteiger partial charge in [0.25, 0.3) is 0 Å². The molecular formula is C15H17N3O2S. The molecule has 2 aromatic rings. The summed E-state index contributed by atoms with van der Waals surface area (Å²) in [6, 6.07) is 9.34. The fraction of sp³-hybridized carbons (Fsp3) is 0.400. The Hall–Kier alpha value is -1.79. The minimum absolute atomic E-state index is 0.0813. The van der Waals surface area contributed by atoms with Crippen LogP contribution in [-0.2, 0) is 4.74 Å². The zero-order valence-electron chi connectivity index (χ0n) is 11.9. The number of nitrogens with zero attached hydrogens (tertiary/aromatic N) is 3. The maximum absolute atomic E-state index is 12.6. The summed E-state index contributed by atoms with van der Waals surface area (Å²) < 4.78 is 14.1. The molecule has 1 atom stereocenters. The van der Waals surface area contributed by atoms with Gasteiger partial charge in [0.1, 0.15) is 5.69 Å². The van der Waals surface area contributed by atoms with E-state index in [0.717, 1.165) is 24.6 Å². The van der Waals surface area contributed by atoms with Crippen LogP contribution in [0.15, 0.2) is 30.3 Å². The van der Waals surface area contributed by atoms with Crippen LogP contribution in [0.4, 0.5) is 5.82 Å². The molecule has 0 spiro atoms. The molecule has 5 nitrogen and oxygen atoms in total. The molecule has 0 radical (unpaired) electrons. The summed E-state index contributed by atoms with van der Waals surface area (Å²) >= 11 is 1.17. The Kier molecular flexibility index (Phi) is 4.26. The summed E-state index contributed by atoms with van der Waals surface area (Å²) in [5.41, 5.74) is 1.49. The molecule has 1 fully saturated rings. The van der Waals surface area contributed by atoms with Gasteiger partial charge in [0.05, 0.1) is 30.9 Å². The fourth-order valence-electron chi connectivity index (χ4n) is 2.43. The van der Waals surface area contributed by atoms with Gasteiger partial charge in [-0.2, -0.15) is 8.75 Å². The number of carbonyl (C=O) groups excluding carboxylic acids is 1. The Labute approximate surface area is 127 Å². The van der Waals surface area contributed by atoms with E-state index in [1.54, 1.807) is 0 Å². The minimum atomic E-state index is -0.288. The third kappa shape index (κ3) is 2.96. The van der Waals surface area contributed by atoms with Crippen LogP contribution in [0.2, 0.25) is 0 Å². The Morgan fingerprint density at radius 2 is 1.95 bits per heavy atom. The highest BCUT2D eigenvalue weighted by Crippen LogP contribution is 2.28. The number of ketones is 1. The summed E-state index contributed by atoms with van der Waals surface area (Å²) in [5, 5.41) is 0. The van der Waals surface area contributed by atoms with Gasteiger partial charge in [0.2, 0.25) is 0 Å². The molecule has 110 valence electrons. The number of morpholine rings is 1. The Morgan fingerprint density at radius 1 is 1.24 bits per heavy atom. The molecule has 1 aliphatic heterocycles. The quantitative estimate of drug-likeness (QED) is 0.812. The number of benzene rings is 1. The van der Waals surface area contributed by atoms with Crippen molar-refractivity contribution in [2.75, 3.05) is 31.2 Å². The highest BCUT2D eigenvalue weighted by molar-refractivity contribution is 6.99. The second-order valence-electron chi connectivity index (χ2n) is 5.02. The van der Waals surface area contributed by atoms with Crippen molar-refractivity contribution in [1.82, 2.24) is 8.75 Å².